The van der Waals surface area contributed by atoms with Crippen LogP contribution in [0.3, 0.4) is 0 Å². The van der Waals surface area contributed by atoms with Crippen molar-refractivity contribution in [1.82, 2.24) is 4.90 Å². The molecule has 1 heterocycles. The van der Waals surface area contributed by atoms with E-state index in [2.05, 4.69) is 51.4 Å². The molecule has 0 N–H and O–H groups in total. The van der Waals surface area contributed by atoms with Crippen LogP contribution >= 0.6 is 0 Å². The fourth-order valence-corrected chi connectivity index (χ4v) is 1.66. The number of hydrogen-bond donors (Lipinski definition) is 0. The Kier molecular flexibility index (Phi) is 4.83. The zero-order valence-electron chi connectivity index (χ0n) is 11.3. The molecule has 1 rings (SSSR count). The van der Waals surface area contributed by atoms with Crippen molar-refractivity contribution in [3.8, 4) is 11.8 Å². The monoisotopic (exact) mass is 223 g/mol. The summed E-state index contributed by atoms with van der Waals surface area (Å²) in [5, 5.41) is 0. The van der Waals surface area contributed by atoms with E-state index in [0.717, 1.165) is 32.2 Å². The molecule has 2 nitrogen and oxygen atoms in total. The Morgan fingerprint density at radius 3 is 2.44 bits per heavy atom. The molecule has 0 bridgehead atoms. The highest BCUT2D eigenvalue weighted by molar-refractivity contribution is 5.09. The van der Waals surface area contributed by atoms with Gasteiger partial charge in [-0.3, -0.25) is 4.90 Å². The Hall–Kier alpha value is -0.520. The summed E-state index contributed by atoms with van der Waals surface area (Å²) in [7, 11) is 0. The fourth-order valence-electron chi connectivity index (χ4n) is 1.66. The Balaban J connectivity index is 2.10. The first-order valence-electron chi connectivity index (χ1n) is 6.21. The minimum atomic E-state index is 0.130. The Morgan fingerprint density at radius 2 is 1.94 bits per heavy atom. The first-order chi connectivity index (χ1) is 7.37. The molecule has 1 aliphatic heterocycles. The molecule has 0 spiro atoms. The van der Waals surface area contributed by atoms with E-state index >= 15 is 0 Å². The van der Waals surface area contributed by atoms with E-state index in [1.807, 2.05) is 0 Å². The van der Waals surface area contributed by atoms with Gasteiger partial charge in [0.1, 0.15) is 0 Å². The molecule has 1 saturated heterocycles. The van der Waals surface area contributed by atoms with Crippen LogP contribution in [-0.2, 0) is 4.74 Å². The highest BCUT2D eigenvalue weighted by Gasteiger charge is 2.25. The standard InChI is InChI=1S/C14H25NO/c1-12(2)16-11-13-9-15(10-13)8-6-7-14(3,4)5/h12-13H,8-11H2,1-5H3. The normalized spacial score (nSPS) is 18.1. The van der Waals surface area contributed by atoms with E-state index in [0.29, 0.717) is 6.10 Å². The maximum Gasteiger partial charge on any atom is 0.0602 e. The molecule has 16 heavy (non-hydrogen) atoms. The second-order valence-corrected chi connectivity index (χ2v) is 5.99. The average Bonchev–Trinajstić information content (AvgIpc) is 2.04. The average molecular weight is 223 g/mol. The summed E-state index contributed by atoms with van der Waals surface area (Å²) >= 11 is 0. The number of nitrogens with zero attached hydrogens (tertiary/aromatic N) is 1. The molecule has 0 aromatic rings. The van der Waals surface area contributed by atoms with Gasteiger partial charge < -0.3 is 4.74 Å². The molecular formula is C14H25NO. The second kappa shape index (κ2) is 5.70. The lowest BCUT2D eigenvalue weighted by atomic mass is 9.97. The Morgan fingerprint density at radius 1 is 1.31 bits per heavy atom. The van der Waals surface area contributed by atoms with E-state index in [-0.39, 0.29) is 5.41 Å². The van der Waals surface area contributed by atoms with Crippen LogP contribution in [0.25, 0.3) is 0 Å². The van der Waals surface area contributed by atoms with Crippen molar-refractivity contribution in [2.24, 2.45) is 11.3 Å². The van der Waals surface area contributed by atoms with E-state index in [9.17, 15) is 0 Å². The minimum absolute atomic E-state index is 0.130. The molecule has 0 aromatic heterocycles. The number of hydrogen-bond acceptors (Lipinski definition) is 2. The fraction of sp³-hybridized carbons (Fsp3) is 0.857. The third-order valence-corrected chi connectivity index (χ3v) is 2.46. The smallest absolute Gasteiger partial charge is 0.0602 e. The predicted molar refractivity (Wildman–Crippen MR) is 68.2 cm³/mol. The highest BCUT2D eigenvalue weighted by Crippen LogP contribution is 2.16. The number of rotatable bonds is 4. The molecule has 0 unspecified atom stereocenters. The lowest BCUT2D eigenvalue weighted by molar-refractivity contribution is -0.00438. The first-order valence-corrected chi connectivity index (χ1v) is 6.21. The summed E-state index contributed by atoms with van der Waals surface area (Å²) in [6.07, 6.45) is 0.356. The van der Waals surface area contributed by atoms with Crippen LogP contribution in [0.5, 0.6) is 0 Å². The molecule has 1 fully saturated rings. The summed E-state index contributed by atoms with van der Waals surface area (Å²) in [6, 6.07) is 0. The van der Waals surface area contributed by atoms with Gasteiger partial charge in [-0.15, -0.1) is 0 Å². The van der Waals surface area contributed by atoms with Gasteiger partial charge in [-0.05, 0) is 34.6 Å². The van der Waals surface area contributed by atoms with Crippen molar-refractivity contribution >= 4 is 0 Å². The lowest BCUT2D eigenvalue weighted by Gasteiger charge is -2.38. The third-order valence-electron chi connectivity index (χ3n) is 2.46. The van der Waals surface area contributed by atoms with E-state index in [1.165, 1.54) is 0 Å². The van der Waals surface area contributed by atoms with Crippen molar-refractivity contribution < 1.29 is 4.74 Å². The summed E-state index contributed by atoms with van der Waals surface area (Å²) in [5.41, 5.74) is 0.130. The highest BCUT2D eigenvalue weighted by atomic mass is 16.5. The van der Waals surface area contributed by atoms with Crippen LogP contribution in [0.4, 0.5) is 0 Å². The van der Waals surface area contributed by atoms with Gasteiger partial charge in [0.15, 0.2) is 0 Å². The maximum atomic E-state index is 5.59. The van der Waals surface area contributed by atoms with Gasteiger partial charge >= 0.3 is 0 Å². The van der Waals surface area contributed by atoms with Crippen LogP contribution in [0, 0.1) is 23.2 Å². The van der Waals surface area contributed by atoms with E-state index < -0.39 is 0 Å². The molecule has 0 radical (unpaired) electrons. The molecule has 0 amide bonds. The van der Waals surface area contributed by atoms with Gasteiger partial charge in [-0.25, -0.2) is 0 Å². The van der Waals surface area contributed by atoms with Crippen molar-refractivity contribution in [2.45, 2.75) is 40.7 Å². The van der Waals surface area contributed by atoms with Crippen LogP contribution in [-0.4, -0.2) is 37.2 Å². The predicted octanol–water partition coefficient (Wildman–Crippen LogP) is 2.39. The SMILES string of the molecule is CC(C)OCC1CN(CC#CC(C)(C)C)C1. The molecule has 0 atom stereocenters. The quantitative estimate of drug-likeness (QED) is 0.679. The Labute approximate surface area is 100 Å². The van der Waals surface area contributed by atoms with Gasteiger partial charge in [0.25, 0.3) is 0 Å². The molecule has 2 heteroatoms. The summed E-state index contributed by atoms with van der Waals surface area (Å²) in [5.74, 6) is 7.23. The molecule has 0 aromatic carbocycles. The summed E-state index contributed by atoms with van der Waals surface area (Å²) in [6.45, 7) is 14.7. The van der Waals surface area contributed by atoms with Crippen LogP contribution in [0.15, 0.2) is 0 Å². The molecule has 1 aliphatic rings. The van der Waals surface area contributed by atoms with Crippen molar-refractivity contribution in [1.29, 1.82) is 0 Å². The zero-order chi connectivity index (χ0) is 12.2. The van der Waals surface area contributed by atoms with E-state index in [4.69, 9.17) is 4.74 Å². The first kappa shape index (κ1) is 13.5. The largest absolute Gasteiger partial charge is 0.378 e. The Bertz CT molecular complexity index is 261. The second-order valence-electron chi connectivity index (χ2n) is 5.99. The van der Waals surface area contributed by atoms with Crippen LogP contribution in [0.2, 0.25) is 0 Å². The van der Waals surface area contributed by atoms with Gasteiger partial charge in [0.2, 0.25) is 0 Å². The minimum Gasteiger partial charge on any atom is -0.378 e. The summed E-state index contributed by atoms with van der Waals surface area (Å²) < 4.78 is 5.59. The molecule has 0 saturated carbocycles. The summed E-state index contributed by atoms with van der Waals surface area (Å²) in [4.78, 5) is 2.38. The molecular weight excluding hydrogens is 198 g/mol. The van der Waals surface area contributed by atoms with Crippen molar-refractivity contribution in [2.75, 3.05) is 26.2 Å². The van der Waals surface area contributed by atoms with Crippen molar-refractivity contribution in [3.05, 3.63) is 0 Å². The van der Waals surface area contributed by atoms with Crippen LogP contribution in [0.1, 0.15) is 34.6 Å². The lowest BCUT2D eigenvalue weighted by Crippen LogP contribution is -2.48. The van der Waals surface area contributed by atoms with Gasteiger partial charge in [0, 0.05) is 24.4 Å². The number of likely N-dealkylation sites (tertiary alicyclic amines) is 1. The molecule has 0 aliphatic carbocycles. The van der Waals surface area contributed by atoms with Gasteiger partial charge in [-0.1, -0.05) is 11.8 Å². The van der Waals surface area contributed by atoms with Crippen molar-refractivity contribution in [3.63, 3.8) is 0 Å². The van der Waals surface area contributed by atoms with E-state index in [1.54, 1.807) is 0 Å². The van der Waals surface area contributed by atoms with Gasteiger partial charge in [-0.2, -0.15) is 0 Å². The zero-order valence-corrected chi connectivity index (χ0v) is 11.3. The van der Waals surface area contributed by atoms with Crippen LogP contribution < -0.4 is 0 Å². The third kappa shape index (κ3) is 5.53. The molecule has 92 valence electrons. The van der Waals surface area contributed by atoms with Gasteiger partial charge in [0.05, 0.1) is 19.3 Å². The maximum absolute atomic E-state index is 5.59. The number of ether oxygens (including phenoxy) is 1. The topological polar surface area (TPSA) is 12.5 Å².